The van der Waals surface area contributed by atoms with Crippen LogP contribution in [-0.4, -0.2) is 32.9 Å². The van der Waals surface area contributed by atoms with Crippen molar-refractivity contribution in [3.05, 3.63) is 29.6 Å². The fourth-order valence-corrected chi connectivity index (χ4v) is 3.65. The monoisotopic (exact) mass is 314 g/mol. The van der Waals surface area contributed by atoms with E-state index < -0.39 is 10.0 Å². The number of hydrogen-bond donors (Lipinski definition) is 1. The van der Waals surface area contributed by atoms with Crippen LogP contribution in [0.4, 0.5) is 4.39 Å². The molecule has 1 aliphatic carbocycles. The van der Waals surface area contributed by atoms with Gasteiger partial charge in [0.2, 0.25) is 10.0 Å². The summed E-state index contributed by atoms with van der Waals surface area (Å²) < 4.78 is 40.1. The summed E-state index contributed by atoms with van der Waals surface area (Å²) in [5.41, 5.74) is 0.381. The molecule has 0 radical (unpaired) electrons. The number of hydrogen-bond acceptors (Lipinski definition) is 3. The topological polar surface area (TPSA) is 49.4 Å². The molecule has 0 saturated heterocycles. The molecule has 1 aliphatic rings. The Morgan fingerprint density at radius 1 is 1.43 bits per heavy atom. The maximum atomic E-state index is 13.7. The van der Waals surface area contributed by atoms with E-state index in [1.54, 1.807) is 7.05 Å². The minimum Gasteiger partial charge on any atom is -0.313 e. The van der Waals surface area contributed by atoms with Crippen LogP contribution >= 0.6 is 0 Å². The van der Waals surface area contributed by atoms with Crippen molar-refractivity contribution in [2.45, 2.75) is 31.7 Å². The van der Waals surface area contributed by atoms with Gasteiger partial charge in [0.15, 0.2) is 0 Å². The summed E-state index contributed by atoms with van der Waals surface area (Å²) in [4.78, 5) is 0.160. The number of benzene rings is 1. The molecule has 118 valence electrons. The quantitative estimate of drug-likeness (QED) is 0.839. The van der Waals surface area contributed by atoms with Gasteiger partial charge >= 0.3 is 0 Å². The lowest BCUT2D eigenvalue weighted by molar-refractivity contribution is 0.444. The largest absolute Gasteiger partial charge is 0.313 e. The molecular formula is C15H23FN2O2S. The van der Waals surface area contributed by atoms with Crippen LogP contribution in [0.25, 0.3) is 0 Å². The molecule has 0 bridgehead atoms. The smallest absolute Gasteiger partial charge is 0.242 e. The maximum absolute atomic E-state index is 13.7. The van der Waals surface area contributed by atoms with Gasteiger partial charge in [0.25, 0.3) is 0 Å². The van der Waals surface area contributed by atoms with Gasteiger partial charge in [0, 0.05) is 25.7 Å². The molecule has 1 aromatic carbocycles. The molecule has 1 aromatic rings. The van der Waals surface area contributed by atoms with Crippen molar-refractivity contribution >= 4 is 10.0 Å². The van der Waals surface area contributed by atoms with Gasteiger partial charge in [0.1, 0.15) is 5.82 Å². The van der Waals surface area contributed by atoms with Gasteiger partial charge in [-0.1, -0.05) is 13.8 Å². The van der Waals surface area contributed by atoms with Crippen molar-refractivity contribution in [2.75, 3.05) is 20.1 Å². The van der Waals surface area contributed by atoms with Crippen LogP contribution in [0.15, 0.2) is 23.1 Å². The normalized spacial score (nSPS) is 21.8. The average Bonchev–Trinajstić information content (AvgIpc) is 3.12. The Morgan fingerprint density at radius 2 is 2.10 bits per heavy atom. The Labute approximate surface area is 126 Å². The number of sulfonamides is 1. The third-order valence-electron chi connectivity index (χ3n) is 4.06. The molecule has 0 heterocycles. The van der Waals surface area contributed by atoms with E-state index in [4.69, 9.17) is 0 Å². The zero-order valence-electron chi connectivity index (χ0n) is 12.8. The minimum atomic E-state index is -3.54. The van der Waals surface area contributed by atoms with E-state index in [0.717, 1.165) is 6.42 Å². The van der Waals surface area contributed by atoms with Gasteiger partial charge in [0.05, 0.1) is 4.90 Å². The van der Waals surface area contributed by atoms with Gasteiger partial charge in [-0.2, -0.15) is 0 Å². The maximum Gasteiger partial charge on any atom is 0.242 e. The summed E-state index contributed by atoms with van der Waals surface area (Å²) in [7, 11) is -1.95. The standard InChI is InChI=1S/C15H23FN2O2S/c1-4-17-9-12-8-14(5-6-15(12)16)21(19,20)18(3)10-13-7-11(13)2/h5-6,8,11,13,17H,4,7,9-10H2,1-3H3. The van der Waals surface area contributed by atoms with Crippen LogP contribution in [0.5, 0.6) is 0 Å². The van der Waals surface area contributed by atoms with Crippen molar-refractivity contribution in [3.8, 4) is 0 Å². The Morgan fingerprint density at radius 3 is 2.67 bits per heavy atom. The predicted molar refractivity (Wildman–Crippen MR) is 80.9 cm³/mol. The molecule has 0 aromatic heterocycles. The van der Waals surface area contributed by atoms with Crippen LogP contribution in [0, 0.1) is 17.7 Å². The summed E-state index contributed by atoms with van der Waals surface area (Å²) in [5, 5.41) is 3.01. The van der Waals surface area contributed by atoms with Crippen LogP contribution in [0.3, 0.4) is 0 Å². The molecule has 2 rings (SSSR count). The molecular weight excluding hydrogens is 291 g/mol. The number of nitrogens with zero attached hydrogens (tertiary/aromatic N) is 1. The molecule has 21 heavy (non-hydrogen) atoms. The van der Waals surface area contributed by atoms with E-state index in [1.165, 1.54) is 22.5 Å². The fraction of sp³-hybridized carbons (Fsp3) is 0.600. The second kappa shape index (κ2) is 6.42. The Balaban J connectivity index is 2.18. The van der Waals surface area contributed by atoms with Gasteiger partial charge in [-0.25, -0.2) is 17.1 Å². The summed E-state index contributed by atoms with van der Waals surface area (Å²) in [6, 6.07) is 4.00. The van der Waals surface area contributed by atoms with Gasteiger partial charge in [-0.05, 0) is 43.0 Å². The first-order valence-corrected chi connectivity index (χ1v) is 8.75. The molecule has 0 amide bonds. The summed E-state index contributed by atoms with van der Waals surface area (Å²) >= 11 is 0. The van der Waals surface area contributed by atoms with E-state index >= 15 is 0 Å². The molecule has 1 saturated carbocycles. The van der Waals surface area contributed by atoms with Crippen LogP contribution in [-0.2, 0) is 16.6 Å². The second-order valence-electron chi connectivity index (χ2n) is 5.79. The highest BCUT2D eigenvalue weighted by Gasteiger charge is 2.36. The van der Waals surface area contributed by atoms with Crippen molar-refractivity contribution in [3.63, 3.8) is 0 Å². The molecule has 6 heteroatoms. The van der Waals surface area contributed by atoms with Gasteiger partial charge in [-0.15, -0.1) is 0 Å². The summed E-state index contributed by atoms with van der Waals surface area (Å²) in [6.07, 6.45) is 1.08. The lowest BCUT2D eigenvalue weighted by Crippen LogP contribution is -2.29. The Bertz CT molecular complexity index is 604. The highest BCUT2D eigenvalue weighted by atomic mass is 32.2. The molecule has 0 aliphatic heterocycles. The molecule has 4 nitrogen and oxygen atoms in total. The Hall–Kier alpha value is -0.980. The van der Waals surface area contributed by atoms with Crippen molar-refractivity contribution in [1.29, 1.82) is 0 Å². The van der Waals surface area contributed by atoms with Gasteiger partial charge in [-0.3, -0.25) is 0 Å². The van der Waals surface area contributed by atoms with Crippen molar-refractivity contribution in [1.82, 2.24) is 9.62 Å². The number of halogens is 1. The predicted octanol–water partition coefficient (Wildman–Crippen LogP) is 2.21. The second-order valence-corrected chi connectivity index (χ2v) is 7.84. The lowest BCUT2D eigenvalue weighted by Gasteiger charge is -2.18. The number of rotatable bonds is 7. The minimum absolute atomic E-state index is 0.160. The SMILES string of the molecule is CCNCc1cc(S(=O)(=O)N(C)CC2CC2C)ccc1F. The summed E-state index contributed by atoms with van der Waals surface area (Å²) in [5.74, 6) is 0.667. The van der Waals surface area contributed by atoms with Crippen molar-refractivity contribution < 1.29 is 12.8 Å². The zero-order valence-corrected chi connectivity index (χ0v) is 13.6. The molecule has 0 spiro atoms. The summed E-state index contributed by atoms with van der Waals surface area (Å²) in [6.45, 7) is 5.61. The number of nitrogens with one attached hydrogen (secondary N) is 1. The fourth-order valence-electron chi connectivity index (χ4n) is 2.37. The van der Waals surface area contributed by atoms with Crippen LogP contribution < -0.4 is 5.32 Å². The highest BCUT2D eigenvalue weighted by molar-refractivity contribution is 7.89. The molecule has 1 N–H and O–H groups in total. The highest BCUT2D eigenvalue weighted by Crippen LogP contribution is 2.38. The zero-order chi connectivity index (χ0) is 15.6. The first-order valence-electron chi connectivity index (χ1n) is 7.31. The third-order valence-corrected chi connectivity index (χ3v) is 5.88. The molecule has 2 unspecified atom stereocenters. The van der Waals surface area contributed by atoms with Gasteiger partial charge < -0.3 is 5.32 Å². The van der Waals surface area contributed by atoms with Crippen LogP contribution in [0.2, 0.25) is 0 Å². The first kappa shape index (κ1) is 16.4. The third kappa shape index (κ3) is 3.81. The van der Waals surface area contributed by atoms with E-state index in [9.17, 15) is 12.8 Å². The van der Waals surface area contributed by atoms with Crippen LogP contribution in [0.1, 0.15) is 25.8 Å². The Kier molecular flexibility index (Phi) is 5.01. The average molecular weight is 314 g/mol. The lowest BCUT2D eigenvalue weighted by atomic mass is 10.2. The van der Waals surface area contributed by atoms with E-state index in [0.29, 0.717) is 37.0 Å². The van der Waals surface area contributed by atoms with E-state index in [2.05, 4.69) is 12.2 Å². The molecule has 1 fully saturated rings. The van der Waals surface area contributed by atoms with E-state index in [1.807, 2.05) is 6.92 Å². The first-order chi connectivity index (χ1) is 9.86. The van der Waals surface area contributed by atoms with Crippen molar-refractivity contribution in [2.24, 2.45) is 11.8 Å². The molecule has 2 atom stereocenters. The van der Waals surface area contributed by atoms with E-state index in [-0.39, 0.29) is 10.7 Å².